The monoisotopic (exact) mass is 242 g/mol. The van der Waals surface area contributed by atoms with E-state index in [0.29, 0.717) is 5.88 Å². The summed E-state index contributed by atoms with van der Waals surface area (Å²) < 4.78 is 1.10. The van der Waals surface area contributed by atoms with Crippen molar-refractivity contribution in [1.29, 1.82) is 0 Å². The maximum Gasteiger partial charge on any atom is 0.0652 e. The molecule has 0 fully saturated rings. The maximum absolute atomic E-state index is 5.50. The second-order valence-electron chi connectivity index (χ2n) is 1.33. The average Bonchev–Trinajstić information content (AvgIpc) is 2.14. The Bertz CT molecular complexity index is 174. The molecular formula is C4H4ClIN2. The summed E-state index contributed by atoms with van der Waals surface area (Å²) in [5.41, 5.74) is 0.993. The van der Waals surface area contributed by atoms with Crippen LogP contribution in [0.4, 0.5) is 0 Å². The summed E-state index contributed by atoms with van der Waals surface area (Å²) in [5.74, 6) is 0.512. The van der Waals surface area contributed by atoms with Gasteiger partial charge in [-0.1, -0.05) is 0 Å². The summed E-state index contributed by atoms with van der Waals surface area (Å²) in [5, 5.41) is 6.54. The molecule has 1 rings (SSSR count). The molecular weight excluding hydrogens is 238 g/mol. The molecule has 0 unspecified atom stereocenters. The molecule has 0 spiro atoms. The molecule has 0 amide bonds. The zero-order chi connectivity index (χ0) is 5.98. The van der Waals surface area contributed by atoms with E-state index in [-0.39, 0.29) is 0 Å². The van der Waals surface area contributed by atoms with Crippen molar-refractivity contribution in [2.45, 2.75) is 5.88 Å². The van der Waals surface area contributed by atoms with E-state index in [0.717, 1.165) is 9.26 Å². The molecule has 44 valence electrons. The summed E-state index contributed by atoms with van der Waals surface area (Å²) in [7, 11) is 0. The minimum absolute atomic E-state index is 0.512. The van der Waals surface area contributed by atoms with E-state index in [1.165, 1.54) is 0 Å². The SMILES string of the molecule is ClCc1[nH]ncc1I. The summed E-state index contributed by atoms with van der Waals surface area (Å²) in [6.45, 7) is 0. The molecule has 0 aliphatic heterocycles. The van der Waals surface area contributed by atoms with Crippen molar-refractivity contribution in [1.82, 2.24) is 10.2 Å². The number of halogens is 2. The van der Waals surface area contributed by atoms with Crippen LogP contribution in [0.1, 0.15) is 5.69 Å². The fourth-order valence-electron chi connectivity index (χ4n) is 0.392. The highest BCUT2D eigenvalue weighted by Gasteiger charge is 1.96. The van der Waals surface area contributed by atoms with Gasteiger partial charge in [-0.3, -0.25) is 5.10 Å². The van der Waals surface area contributed by atoms with E-state index in [2.05, 4.69) is 32.8 Å². The number of aromatic amines is 1. The van der Waals surface area contributed by atoms with Crippen LogP contribution in [-0.2, 0) is 5.88 Å². The highest BCUT2D eigenvalue weighted by Crippen LogP contribution is 2.08. The molecule has 0 aliphatic rings. The van der Waals surface area contributed by atoms with E-state index in [1.807, 2.05) is 0 Å². The van der Waals surface area contributed by atoms with E-state index in [4.69, 9.17) is 11.6 Å². The van der Waals surface area contributed by atoms with Crippen LogP contribution in [0.2, 0.25) is 0 Å². The predicted octanol–water partition coefficient (Wildman–Crippen LogP) is 1.75. The first kappa shape index (κ1) is 6.35. The molecule has 0 saturated heterocycles. The van der Waals surface area contributed by atoms with Gasteiger partial charge >= 0.3 is 0 Å². The third kappa shape index (κ3) is 1.14. The quantitative estimate of drug-likeness (QED) is 0.590. The van der Waals surface area contributed by atoms with Gasteiger partial charge in [0.25, 0.3) is 0 Å². The fraction of sp³-hybridized carbons (Fsp3) is 0.250. The van der Waals surface area contributed by atoms with Gasteiger partial charge in [0.1, 0.15) is 0 Å². The van der Waals surface area contributed by atoms with Gasteiger partial charge in [-0.15, -0.1) is 11.6 Å². The van der Waals surface area contributed by atoms with Crippen LogP contribution in [0.15, 0.2) is 6.20 Å². The summed E-state index contributed by atoms with van der Waals surface area (Å²) in [6.07, 6.45) is 1.75. The lowest BCUT2D eigenvalue weighted by molar-refractivity contribution is 1.03. The van der Waals surface area contributed by atoms with Crippen LogP contribution in [0.25, 0.3) is 0 Å². The van der Waals surface area contributed by atoms with Crippen LogP contribution in [0, 0.1) is 3.57 Å². The van der Waals surface area contributed by atoms with Crippen molar-refractivity contribution in [3.8, 4) is 0 Å². The third-order valence-electron chi connectivity index (χ3n) is 0.799. The standard InChI is InChI=1S/C4H4ClIN2/c5-1-4-3(6)2-7-8-4/h2H,1H2,(H,7,8). The minimum atomic E-state index is 0.512. The molecule has 0 bridgehead atoms. The number of nitrogens with zero attached hydrogens (tertiary/aromatic N) is 1. The van der Waals surface area contributed by atoms with Gasteiger partial charge in [0.15, 0.2) is 0 Å². The van der Waals surface area contributed by atoms with Gasteiger partial charge in [-0.05, 0) is 22.6 Å². The van der Waals surface area contributed by atoms with E-state index >= 15 is 0 Å². The molecule has 8 heavy (non-hydrogen) atoms. The molecule has 0 atom stereocenters. The Kier molecular flexibility index (Phi) is 2.13. The number of hydrogen-bond donors (Lipinski definition) is 1. The molecule has 0 aliphatic carbocycles. The first-order chi connectivity index (χ1) is 3.84. The van der Waals surface area contributed by atoms with Gasteiger partial charge in [-0.25, -0.2) is 0 Å². The lowest BCUT2D eigenvalue weighted by atomic mass is 10.5. The highest BCUT2D eigenvalue weighted by atomic mass is 127. The number of nitrogens with one attached hydrogen (secondary N) is 1. The summed E-state index contributed by atoms with van der Waals surface area (Å²) in [6, 6.07) is 0. The van der Waals surface area contributed by atoms with Crippen molar-refractivity contribution in [2.24, 2.45) is 0 Å². The first-order valence-electron chi connectivity index (χ1n) is 2.08. The van der Waals surface area contributed by atoms with E-state index in [9.17, 15) is 0 Å². The Labute approximate surface area is 65.8 Å². The second kappa shape index (κ2) is 2.68. The van der Waals surface area contributed by atoms with Gasteiger partial charge < -0.3 is 0 Å². The van der Waals surface area contributed by atoms with Crippen molar-refractivity contribution < 1.29 is 0 Å². The molecule has 2 nitrogen and oxygen atoms in total. The topological polar surface area (TPSA) is 28.7 Å². The van der Waals surface area contributed by atoms with Gasteiger partial charge in [-0.2, -0.15) is 5.10 Å². The Balaban J connectivity index is 2.92. The smallest absolute Gasteiger partial charge is 0.0652 e. The Hall–Kier alpha value is 0.230. The molecule has 1 aromatic heterocycles. The fourth-order valence-corrected chi connectivity index (χ4v) is 1.27. The van der Waals surface area contributed by atoms with Crippen LogP contribution >= 0.6 is 34.2 Å². The number of hydrogen-bond acceptors (Lipinski definition) is 1. The Morgan fingerprint density at radius 3 is 2.88 bits per heavy atom. The van der Waals surface area contributed by atoms with Crippen molar-refractivity contribution in [3.05, 3.63) is 15.5 Å². The number of aromatic nitrogens is 2. The van der Waals surface area contributed by atoms with E-state index in [1.54, 1.807) is 6.20 Å². The summed E-state index contributed by atoms with van der Waals surface area (Å²) >= 11 is 7.67. The maximum atomic E-state index is 5.50. The highest BCUT2D eigenvalue weighted by molar-refractivity contribution is 14.1. The molecule has 1 aromatic rings. The minimum Gasteiger partial charge on any atom is -0.280 e. The molecule has 0 aromatic carbocycles. The number of alkyl halides is 1. The van der Waals surface area contributed by atoms with Crippen LogP contribution in [0.5, 0.6) is 0 Å². The van der Waals surface area contributed by atoms with E-state index < -0.39 is 0 Å². The molecule has 4 heteroatoms. The normalized spacial score (nSPS) is 9.75. The van der Waals surface area contributed by atoms with Crippen LogP contribution < -0.4 is 0 Å². The van der Waals surface area contributed by atoms with Crippen LogP contribution in [0.3, 0.4) is 0 Å². The van der Waals surface area contributed by atoms with Crippen LogP contribution in [-0.4, -0.2) is 10.2 Å². The first-order valence-corrected chi connectivity index (χ1v) is 3.69. The second-order valence-corrected chi connectivity index (χ2v) is 2.76. The average molecular weight is 242 g/mol. The van der Waals surface area contributed by atoms with Gasteiger partial charge in [0.2, 0.25) is 0 Å². The van der Waals surface area contributed by atoms with Gasteiger partial charge in [0.05, 0.1) is 21.3 Å². The molecule has 1 N–H and O–H groups in total. The molecule has 0 radical (unpaired) electrons. The van der Waals surface area contributed by atoms with Crippen molar-refractivity contribution >= 4 is 34.2 Å². The zero-order valence-electron chi connectivity index (χ0n) is 3.99. The lowest BCUT2D eigenvalue weighted by Crippen LogP contribution is -1.78. The van der Waals surface area contributed by atoms with Crippen molar-refractivity contribution in [3.63, 3.8) is 0 Å². The Morgan fingerprint density at radius 2 is 2.62 bits per heavy atom. The number of H-pyrrole nitrogens is 1. The lowest BCUT2D eigenvalue weighted by Gasteiger charge is -1.83. The van der Waals surface area contributed by atoms with Crippen molar-refractivity contribution in [2.75, 3.05) is 0 Å². The molecule has 0 saturated carbocycles. The zero-order valence-corrected chi connectivity index (χ0v) is 6.90. The summed E-state index contributed by atoms with van der Waals surface area (Å²) in [4.78, 5) is 0. The number of rotatable bonds is 1. The predicted molar refractivity (Wildman–Crippen MR) is 40.9 cm³/mol. The third-order valence-corrected chi connectivity index (χ3v) is 2.00. The Morgan fingerprint density at radius 1 is 1.88 bits per heavy atom. The molecule has 1 heterocycles. The van der Waals surface area contributed by atoms with Gasteiger partial charge in [0, 0.05) is 0 Å². The largest absolute Gasteiger partial charge is 0.280 e.